The van der Waals surface area contributed by atoms with Crippen molar-refractivity contribution in [3.8, 4) is 17.6 Å². The van der Waals surface area contributed by atoms with Gasteiger partial charge < -0.3 is 14.8 Å². The number of para-hydroxylation sites is 1. The summed E-state index contributed by atoms with van der Waals surface area (Å²) >= 11 is 0. The zero-order valence-corrected chi connectivity index (χ0v) is 14.8. The summed E-state index contributed by atoms with van der Waals surface area (Å²) in [6.07, 6.45) is 0.985. The van der Waals surface area contributed by atoms with Gasteiger partial charge in [0.1, 0.15) is 17.6 Å². The summed E-state index contributed by atoms with van der Waals surface area (Å²) in [7, 11) is 1.61. The fourth-order valence-electron chi connectivity index (χ4n) is 2.47. The van der Waals surface area contributed by atoms with Crippen molar-refractivity contribution in [2.75, 3.05) is 7.11 Å². The molecule has 6 nitrogen and oxygen atoms in total. The second kappa shape index (κ2) is 8.15. The lowest BCUT2D eigenvalue weighted by molar-refractivity contribution is -0.127. The molecule has 1 aromatic carbocycles. The number of hydrogen-bond acceptors (Lipinski definition) is 5. The Morgan fingerprint density at radius 1 is 1.36 bits per heavy atom. The van der Waals surface area contributed by atoms with E-state index in [2.05, 4.69) is 10.3 Å². The Hall–Kier alpha value is -3.07. The van der Waals surface area contributed by atoms with Gasteiger partial charge in [-0.2, -0.15) is 5.26 Å². The fraction of sp³-hybridized carbons (Fsp3) is 0.316. The van der Waals surface area contributed by atoms with Crippen LogP contribution in [-0.2, 0) is 11.3 Å². The number of rotatable bonds is 6. The first-order valence-electron chi connectivity index (χ1n) is 7.90. The van der Waals surface area contributed by atoms with Gasteiger partial charge in [0.05, 0.1) is 24.9 Å². The Labute approximate surface area is 147 Å². The Balaban J connectivity index is 2.02. The van der Waals surface area contributed by atoms with Crippen molar-refractivity contribution < 1.29 is 14.3 Å². The second-order valence-electron chi connectivity index (χ2n) is 5.63. The highest BCUT2D eigenvalue weighted by atomic mass is 16.5. The van der Waals surface area contributed by atoms with Crippen molar-refractivity contribution in [2.45, 2.75) is 33.4 Å². The number of nitrogens with zero attached hydrogens (tertiary/aromatic N) is 2. The second-order valence-corrected chi connectivity index (χ2v) is 5.63. The number of carbonyl (C=O) groups excluding carboxylic acids is 1. The van der Waals surface area contributed by atoms with Crippen molar-refractivity contribution in [1.82, 2.24) is 10.3 Å². The molecule has 25 heavy (non-hydrogen) atoms. The molecule has 1 atom stereocenters. The van der Waals surface area contributed by atoms with Gasteiger partial charge in [-0.15, -0.1) is 0 Å². The molecule has 130 valence electrons. The molecule has 0 bridgehead atoms. The van der Waals surface area contributed by atoms with Crippen LogP contribution in [0.2, 0.25) is 0 Å². The summed E-state index contributed by atoms with van der Waals surface area (Å²) in [5.41, 5.74) is 2.97. The van der Waals surface area contributed by atoms with Gasteiger partial charge in [-0.3, -0.25) is 9.78 Å². The SMILES string of the molecule is COc1c(C)cnc(CNC(=O)[C@@H](C)Oc2ccccc2C#N)c1C. The van der Waals surface area contributed by atoms with Crippen molar-refractivity contribution in [3.05, 3.63) is 52.8 Å². The van der Waals surface area contributed by atoms with Gasteiger partial charge in [0.15, 0.2) is 6.10 Å². The van der Waals surface area contributed by atoms with Crippen molar-refractivity contribution in [3.63, 3.8) is 0 Å². The van der Waals surface area contributed by atoms with Crippen LogP contribution in [-0.4, -0.2) is 24.1 Å². The maximum Gasteiger partial charge on any atom is 0.261 e. The summed E-state index contributed by atoms with van der Waals surface area (Å²) in [6, 6.07) is 8.85. The molecule has 1 aromatic heterocycles. The molecule has 1 N–H and O–H groups in total. The van der Waals surface area contributed by atoms with E-state index in [-0.39, 0.29) is 12.5 Å². The Bertz CT molecular complexity index is 812. The van der Waals surface area contributed by atoms with Crippen LogP contribution in [0.3, 0.4) is 0 Å². The van der Waals surface area contributed by atoms with E-state index >= 15 is 0 Å². The minimum absolute atomic E-state index is 0.273. The first-order valence-corrected chi connectivity index (χ1v) is 7.90. The zero-order chi connectivity index (χ0) is 18.4. The molecule has 0 aliphatic rings. The number of carbonyl (C=O) groups is 1. The first-order chi connectivity index (χ1) is 12.0. The van der Waals surface area contributed by atoms with Gasteiger partial charge in [0.2, 0.25) is 0 Å². The monoisotopic (exact) mass is 339 g/mol. The minimum atomic E-state index is -0.734. The number of nitriles is 1. The highest BCUT2D eigenvalue weighted by Crippen LogP contribution is 2.24. The molecule has 0 aliphatic carbocycles. The number of benzene rings is 1. The molecule has 2 rings (SSSR count). The lowest BCUT2D eigenvalue weighted by atomic mass is 10.1. The van der Waals surface area contributed by atoms with E-state index in [0.717, 1.165) is 22.6 Å². The number of aromatic nitrogens is 1. The van der Waals surface area contributed by atoms with Crippen molar-refractivity contribution >= 4 is 5.91 Å². The topological polar surface area (TPSA) is 84.2 Å². The first kappa shape index (κ1) is 18.3. The van der Waals surface area contributed by atoms with E-state index in [9.17, 15) is 4.79 Å². The highest BCUT2D eigenvalue weighted by Gasteiger charge is 2.17. The van der Waals surface area contributed by atoms with E-state index < -0.39 is 6.10 Å². The van der Waals surface area contributed by atoms with E-state index in [4.69, 9.17) is 14.7 Å². The predicted octanol–water partition coefficient (Wildman–Crippen LogP) is 2.66. The quantitative estimate of drug-likeness (QED) is 0.874. The zero-order valence-electron chi connectivity index (χ0n) is 14.8. The number of amides is 1. The molecule has 0 unspecified atom stereocenters. The van der Waals surface area contributed by atoms with Gasteiger partial charge in [0.25, 0.3) is 5.91 Å². The smallest absolute Gasteiger partial charge is 0.261 e. The highest BCUT2D eigenvalue weighted by molar-refractivity contribution is 5.80. The van der Waals surface area contributed by atoms with Crippen LogP contribution in [0.1, 0.15) is 29.3 Å². The van der Waals surface area contributed by atoms with Crippen LogP contribution in [0.25, 0.3) is 0 Å². The van der Waals surface area contributed by atoms with E-state index in [0.29, 0.717) is 11.3 Å². The lowest BCUT2D eigenvalue weighted by Gasteiger charge is -2.16. The third kappa shape index (κ3) is 4.27. The molecule has 2 aromatic rings. The summed E-state index contributed by atoms with van der Waals surface area (Å²) < 4.78 is 11.0. The molecule has 0 aliphatic heterocycles. The molecular formula is C19H21N3O3. The summed E-state index contributed by atoms with van der Waals surface area (Å²) in [6.45, 7) is 5.74. The number of methoxy groups -OCH3 is 1. The number of aryl methyl sites for hydroxylation is 1. The van der Waals surface area contributed by atoms with Crippen LogP contribution in [0.5, 0.6) is 11.5 Å². The van der Waals surface area contributed by atoms with Gasteiger partial charge in [-0.1, -0.05) is 12.1 Å². The van der Waals surface area contributed by atoms with Crippen LogP contribution in [0, 0.1) is 25.2 Å². The van der Waals surface area contributed by atoms with Gasteiger partial charge >= 0.3 is 0 Å². The Kier molecular flexibility index (Phi) is 5.96. The van der Waals surface area contributed by atoms with Crippen molar-refractivity contribution in [2.24, 2.45) is 0 Å². The van der Waals surface area contributed by atoms with Gasteiger partial charge in [0, 0.05) is 17.3 Å². The number of hydrogen-bond donors (Lipinski definition) is 1. The molecular weight excluding hydrogens is 318 g/mol. The number of nitrogens with one attached hydrogen (secondary N) is 1. The summed E-state index contributed by atoms with van der Waals surface area (Å²) in [5.74, 6) is 0.874. The van der Waals surface area contributed by atoms with Gasteiger partial charge in [-0.05, 0) is 32.9 Å². The number of ether oxygens (including phenoxy) is 2. The molecule has 1 heterocycles. The Morgan fingerprint density at radius 3 is 2.76 bits per heavy atom. The maximum absolute atomic E-state index is 12.3. The largest absolute Gasteiger partial charge is 0.496 e. The van der Waals surface area contributed by atoms with E-state index in [1.165, 1.54) is 0 Å². The fourth-order valence-corrected chi connectivity index (χ4v) is 2.47. The average molecular weight is 339 g/mol. The standard InChI is InChI=1S/C19H21N3O3/c1-12-10-21-16(13(2)18(12)24-4)11-22-19(23)14(3)25-17-8-6-5-7-15(17)9-20/h5-8,10,14H,11H2,1-4H3,(H,22,23)/t14-/m1/s1. The molecule has 0 saturated heterocycles. The lowest BCUT2D eigenvalue weighted by Crippen LogP contribution is -2.36. The van der Waals surface area contributed by atoms with E-state index in [1.807, 2.05) is 19.9 Å². The van der Waals surface area contributed by atoms with Crippen molar-refractivity contribution in [1.29, 1.82) is 5.26 Å². The third-order valence-electron chi connectivity index (χ3n) is 3.86. The van der Waals surface area contributed by atoms with Crippen LogP contribution in [0.4, 0.5) is 0 Å². The Morgan fingerprint density at radius 2 is 2.08 bits per heavy atom. The number of pyridine rings is 1. The maximum atomic E-state index is 12.3. The molecule has 0 fully saturated rings. The van der Waals surface area contributed by atoms with Crippen LogP contribution in [0.15, 0.2) is 30.5 Å². The molecule has 0 saturated carbocycles. The molecule has 6 heteroatoms. The molecule has 1 amide bonds. The average Bonchev–Trinajstić information content (AvgIpc) is 2.61. The third-order valence-corrected chi connectivity index (χ3v) is 3.86. The van der Waals surface area contributed by atoms with Crippen LogP contribution >= 0.6 is 0 Å². The van der Waals surface area contributed by atoms with Crippen LogP contribution < -0.4 is 14.8 Å². The molecule has 0 spiro atoms. The van der Waals surface area contributed by atoms with E-state index in [1.54, 1.807) is 44.5 Å². The predicted molar refractivity (Wildman–Crippen MR) is 93.4 cm³/mol. The minimum Gasteiger partial charge on any atom is -0.496 e. The van der Waals surface area contributed by atoms with Gasteiger partial charge in [-0.25, -0.2) is 0 Å². The summed E-state index contributed by atoms with van der Waals surface area (Å²) in [4.78, 5) is 16.6. The molecule has 0 radical (unpaired) electrons. The normalized spacial score (nSPS) is 11.3. The summed E-state index contributed by atoms with van der Waals surface area (Å²) in [5, 5.41) is 11.9.